The summed E-state index contributed by atoms with van der Waals surface area (Å²) in [6.45, 7) is -0.340. The van der Waals surface area contributed by atoms with Crippen LogP contribution in [0.1, 0.15) is 47.3 Å². The number of aromatic nitrogens is 1. The summed E-state index contributed by atoms with van der Waals surface area (Å²) in [5.41, 5.74) is 4.03. The molecule has 5 rings (SSSR count). The number of carbonyl (C=O) groups excluding carboxylic acids is 2. The van der Waals surface area contributed by atoms with Crippen LogP contribution < -0.4 is 5.32 Å². The first-order chi connectivity index (χ1) is 16.2. The van der Waals surface area contributed by atoms with Gasteiger partial charge < -0.3 is 10.1 Å². The Morgan fingerprint density at radius 1 is 0.818 bits per heavy atom. The molecule has 0 saturated heterocycles. The second-order valence-electron chi connectivity index (χ2n) is 8.49. The molecular weight excluding hydrogens is 412 g/mol. The molecule has 0 saturated carbocycles. The minimum atomic E-state index is -0.460. The Labute approximate surface area is 192 Å². The minimum Gasteiger partial charge on any atom is -0.452 e. The lowest BCUT2D eigenvalue weighted by molar-refractivity contribution is -0.119. The van der Waals surface area contributed by atoms with Gasteiger partial charge in [0.1, 0.15) is 0 Å². The summed E-state index contributed by atoms with van der Waals surface area (Å²) >= 11 is 0. The van der Waals surface area contributed by atoms with Crippen molar-refractivity contribution in [2.24, 2.45) is 0 Å². The normalized spacial score (nSPS) is 13.7. The molecule has 1 aliphatic rings. The van der Waals surface area contributed by atoms with Crippen LogP contribution in [0.5, 0.6) is 0 Å². The molecule has 0 unspecified atom stereocenters. The van der Waals surface area contributed by atoms with E-state index in [1.807, 2.05) is 66.7 Å². The predicted octanol–water partition coefficient (Wildman–Crippen LogP) is 5.84. The molecule has 0 radical (unpaired) electrons. The first-order valence-electron chi connectivity index (χ1n) is 11.6. The van der Waals surface area contributed by atoms with Gasteiger partial charge in [0.05, 0.1) is 11.1 Å². The van der Waals surface area contributed by atoms with Gasteiger partial charge in [0, 0.05) is 22.2 Å². The standard InChI is InChI=1S/C28H26N2O3/c31-26(30-23-17-9-11-19-10-5-6-12-20(19)23)18-33-28(32)27-21-13-3-1-2-4-15-24(21)29-25-16-8-7-14-22(25)27/h5-12,14,16-17H,1-4,13,15,18H2,(H,30,31). The Bertz CT molecular complexity index is 1340. The van der Waals surface area contributed by atoms with Crippen molar-refractivity contribution in [3.63, 3.8) is 0 Å². The summed E-state index contributed by atoms with van der Waals surface area (Å²) < 4.78 is 5.54. The highest BCUT2D eigenvalue weighted by atomic mass is 16.5. The van der Waals surface area contributed by atoms with Crippen LogP contribution in [0.4, 0.5) is 5.69 Å². The van der Waals surface area contributed by atoms with E-state index in [1.165, 1.54) is 6.42 Å². The Kier molecular flexibility index (Phi) is 6.03. The maximum atomic E-state index is 13.3. The van der Waals surface area contributed by atoms with Gasteiger partial charge in [0.15, 0.2) is 6.61 Å². The molecule has 33 heavy (non-hydrogen) atoms. The Hall–Kier alpha value is -3.73. The molecule has 0 aliphatic heterocycles. The maximum Gasteiger partial charge on any atom is 0.339 e. The number of aryl methyl sites for hydroxylation is 1. The summed E-state index contributed by atoms with van der Waals surface area (Å²) in [4.78, 5) is 30.8. The van der Waals surface area contributed by atoms with E-state index in [9.17, 15) is 9.59 Å². The fraction of sp³-hybridized carbons (Fsp3) is 0.250. The molecule has 1 heterocycles. The average Bonchev–Trinajstić information content (AvgIpc) is 2.82. The monoisotopic (exact) mass is 438 g/mol. The van der Waals surface area contributed by atoms with E-state index < -0.39 is 5.97 Å². The van der Waals surface area contributed by atoms with Gasteiger partial charge in [-0.1, -0.05) is 67.4 Å². The number of pyridine rings is 1. The molecule has 166 valence electrons. The van der Waals surface area contributed by atoms with Crippen LogP contribution in [0.25, 0.3) is 21.7 Å². The highest BCUT2D eigenvalue weighted by Gasteiger charge is 2.23. The van der Waals surface area contributed by atoms with Crippen molar-refractivity contribution < 1.29 is 14.3 Å². The first-order valence-corrected chi connectivity index (χ1v) is 11.6. The van der Waals surface area contributed by atoms with Gasteiger partial charge in [-0.2, -0.15) is 0 Å². The Morgan fingerprint density at radius 2 is 1.55 bits per heavy atom. The first kappa shape index (κ1) is 21.1. The van der Waals surface area contributed by atoms with Gasteiger partial charge in [-0.15, -0.1) is 0 Å². The number of nitrogens with one attached hydrogen (secondary N) is 1. The molecule has 5 nitrogen and oxygen atoms in total. The molecule has 5 heteroatoms. The molecule has 0 bridgehead atoms. The van der Waals surface area contributed by atoms with Crippen LogP contribution in [-0.4, -0.2) is 23.5 Å². The molecule has 0 spiro atoms. The summed E-state index contributed by atoms with van der Waals surface area (Å²) in [7, 11) is 0. The van der Waals surface area contributed by atoms with Crippen molar-refractivity contribution in [2.45, 2.75) is 38.5 Å². The van der Waals surface area contributed by atoms with Crippen LogP contribution in [0.3, 0.4) is 0 Å². The van der Waals surface area contributed by atoms with Crippen molar-refractivity contribution in [3.05, 3.63) is 83.6 Å². The number of ether oxygens (including phenoxy) is 1. The number of amides is 1. The van der Waals surface area contributed by atoms with E-state index >= 15 is 0 Å². The van der Waals surface area contributed by atoms with Crippen LogP contribution in [0, 0.1) is 0 Å². The number of hydrogen-bond donors (Lipinski definition) is 1. The largest absolute Gasteiger partial charge is 0.452 e. The van der Waals surface area contributed by atoms with Crippen molar-refractivity contribution >= 4 is 39.2 Å². The topological polar surface area (TPSA) is 68.3 Å². The van der Waals surface area contributed by atoms with Crippen molar-refractivity contribution in [1.29, 1.82) is 0 Å². The zero-order valence-corrected chi connectivity index (χ0v) is 18.5. The molecular formula is C28H26N2O3. The van der Waals surface area contributed by atoms with Crippen LogP contribution in [0.15, 0.2) is 66.7 Å². The van der Waals surface area contributed by atoms with Gasteiger partial charge >= 0.3 is 5.97 Å². The van der Waals surface area contributed by atoms with Gasteiger partial charge in [-0.05, 0) is 48.8 Å². The van der Waals surface area contributed by atoms with Gasteiger partial charge in [-0.3, -0.25) is 9.78 Å². The third-order valence-electron chi connectivity index (χ3n) is 6.27. The van der Waals surface area contributed by atoms with Gasteiger partial charge in [0.2, 0.25) is 0 Å². The minimum absolute atomic E-state index is 0.340. The number of fused-ring (bicyclic) bond motifs is 3. The smallest absolute Gasteiger partial charge is 0.339 e. The number of anilines is 1. The third kappa shape index (κ3) is 4.44. The molecule has 1 aliphatic carbocycles. The van der Waals surface area contributed by atoms with Crippen LogP contribution >= 0.6 is 0 Å². The van der Waals surface area contributed by atoms with Gasteiger partial charge in [-0.25, -0.2) is 4.79 Å². The third-order valence-corrected chi connectivity index (χ3v) is 6.27. The number of rotatable bonds is 4. The van der Waals surface area contributed by atoms with Crippen LogP contribution in [-0.2, 0) is 22.4 Å². The van der Waals surface area contributed by atoms with E-state index in [1.54, 1.807) is 0 Å². The van der Waals surface area contributed by atoms with E-state index in [0.29, 0.717) is 11.3 Å². The molecule has 0 fully saturated rings. The Balaban J connectivity index is 1.39. The number of para-hydroxylation sites is 1. The highest BCUT2D eigenvalue weighted by molar-refractivity contribution is 6.07. The molecule has 1 amide bonds. The second-order valence-corrected chi connectivity index (χ2v) is 8.49. The molecule has 1 N–H and O–H groups in total. The summed E-state index contributed by atoms with van der Waals surface area (Å²) in [5.74, 6) is -0.820. The maximum absolute atomic E-state index is 13.3. The fourth-order valence-corrected chi connectivity index (χ4v) is 4.68. The lowest BCUT2D eigenvalue weighted by Gasteiger charge is -2.18. The van der Waals surface area contributed by atoms with Crippen molar-refractivity contribution in [3.8, 4) is 0 Å². The Morgan fingerprint density at radius 3 is 2.42 bits per heavy atom. The molecule has 1 aromatic heterocycles. The zero-order valence-electron chi connectivity index (χ0n) is 18.5. The zero-order chi connectivity index (χ0) is 22.6. The molecule has 0 atom stereocenters. The number of benzene rings is 3. The molecule has 4 aromatic rings. The fourth-order valence-electron chi connectivity index (χ4n) is 4.68. The number of nitrogens with zero attached hydrogens (tertiary/aromatic N) is 1. The van der Waals surface area contributed by atoms with Crippen molar-refractivity contribution in [1.82, 2.24) is 4.98 Å². The quantitative estimate of drug-likeness (QED) is 0.406. The van der Waals surface area contributed by atoms with Crippen LogP contribution in [0.2, 0.25) is 0 Å². The highest BCUT2D eigenvalue weighted by Crippen LogP contribution is 2.29. The summed E-state index contributed by atoms with van der Waals surface area (Å²) in [5, 5.41) is 5.65. The van der Waals surface area contributed by atoms with E-state index in [4.69, 9.17) is 9.72 Å². The predicted molar refractivity (Wildman–Crippen MR) is 130 cm³/mol. The SMILES string of the molecule is O=C(COC(=O)c1c2c(nc3ccccc13)CCCCCC2)Nc1cccc2ccccc12. The summed E-state index contributed by atoms with van der Waals surface area (Å²) in [6.07, 6.45) is 6.09. The average molecular weight is 439 g/mol. The lowest BCUT2D eigenvalue weighted by Crippen LogP contribution is -2.22. The number of carbonyl (C=O) groups is 2. The second kappa shape index (κ2) is 9.41. The van der Waals surface area contributed by atoms with E-state index in [-0.39, 0.29) is 12.5 Å². The lowest BCUT2D eigenvalue weighted by atomic mass is 9.91. The molecule has 3 aromatic carbocycles. The van der Waals surface area contributed by atoms with E-state index in [2.05, 4.69) is 5.32 Å². The van der Waals surface area contributed by atoms with Gasteiger partial charge in [0.25, 0.3) is 5.91 Å². The number of esters is 1. The number of hydrogen-bond acceptors (Lipinski definition) is 4. The summed E-state index contributed by atoms with van der Waals surface area (Å²) in [6, 6.07) is 21.2. The van der Waals surface area contributed by atoms with Crippen molar-refractivity contribution in [2.75, 3.05) is 11.9 Å². The van der Waals surface area contributed by atoms with E-state index in [0.717, 1.165) is 65.0 Å².